The van der Waals surface area contributed by atoms with E-state index in [1.54, 1.807) is 24.5 Å². The number of nitrogens with zero attached hydrogens (tertiary/aromatic N) is 3. The third-order valence-corrected chi connectivity index (χ3v) is 2.49. The number of nitrogens with one attached hydrogen (secondary N) is 1. The van der Waals surface area contributed by atoms with E-state index in [1.165, 1.54) is 10.5 Å². The van der Waals surface area contributed by atoms with Gasteiger partial charge in [-0.25, -0.2) is 9.97 Å². The van der Waals surface area contributed by atoms with Gasteiger partial charge in [0.15, 0.2) is 0 Å². The SMILES string of the molecule is O=c1cc(Nc2ccccn2)nc2ccccn12. The van der Waals surface area contributed by atoms with Crippen LogP contribution < -0.4 is 10.9 Å². The van der Waals surface area contributed by atoms with Crippen molar-refractivity contribution in [3.05, 3.63) is 65.2 Å². The van der Waals surface area contributed by atoms with Crippen LogP contribution >= 0.6 is 0 Å². The Hall–Kier alpha value is -2.69. The Bertz CT molecular complexity index is 737. The molecule has 0 aliphatic heterocycles. The van der Waals surface area contributed by atoms with E-state index in [0.717, 1.165) is 0 Å². The highest BCUT2D eigenvalue weighted by molar-refractivity contribution is 5.54. The highest BCUT2D eigenvalue weighted by Gasteiger charge is 2.01. The predicted molar refractivity (Wildman–Crippen MR) is 69.0 cm³/mol. The lowest BCUT2D eigenvalue weighted by atomic mass is 10.4. The minimum Gasteiger partial charge on any atom is -0.325 e. The second-order valence-corrected chi connectivity index (χ2v) is 3.75. The number of hydrogen-bond acceptors (Lipinski definition) is 4. The topological polar surface area (TPSA) is 59.3 Å². The molecule has 0 aromatic carbocycles. The van der Waals surface area contributed by atoms with E-state index in [9.17, 15) is 4.79 Å². The van der Waals surface area contributed by atoms with E-state index >= 15 is 0 Å². The van der Waals surface area contributed by atoms with Crippen molar-refractivity contribution in [3.63, 3.8) is 0 Å². The van der Waals surface area contributed by atoms with Crippen molar-refractivity contribution in [3.8, 4) is 0 Å². The van der Waals surface area contributed by atoms with Gasteiger partial charge in [0.1, 0.15) is 17.3 Å². The molecule has 0 saturated heterocycles. The molecule has 0 saturated carbocycles. The standard InChI is InChI=1S/C13H10N4O/c18-13-9-11(15-10-5-1-3-7-14-10)16-12-6-2-4-8-17(12)13/h1-9H,(H,14,15). The number of anilines is 2. The van der Waals surface area contributed by atoms with E-state index in [2.05, 4.69) is 15.3 Å². The molecule has 88 valence electrons. The molecule has 0 radical (unpaired) electrons. The minimum atomic E-state index is -0.126. The molecule has 3 aromatic rings. The maximum atomic E-state index is 11.9. The van der Waals surface area contributed by atoms with Gasteiger partial charge in [-0.05, 0) is 24.3 Å². The summed E-state index contributed by atoms with van der Waals surface area (Å²) in [5.74, 6) is 1.15. The molecule has 0 unspecified atom stereocenters. The van der Waals surface area contributed by atoms with Gasteiger partial charge in [-0.2, -0.15) is 0 Å². The summed E-state index contributed by atoms with van der Waals surface area (Å²) < 4.78 is 1.49. The first-order valence-electron chi connectivity index (χ1n) is 5.49. The number of pyridine rings is 2. The van der Waals surface area contributed by atoms with Crippen LogP contribution in [0.3, 0.4) is 0 Å². The third kappa shape index (κ3) is 1.93. The molecule has 3 aromatic heterocycles. The average Bonchev–Trinajstić information content (AvgIpc) is 2.40. The van der Waals surface area contributed by atoms with Crippen molar-refractivity contribution in [2.45, 2.75) is 0 Å². The second-order valence-electron chi connectivity index (χ2n) is 3.75. The van der Waals surface area contributed by atoms with Gasteiger partial charge in [0, 0.05) is 18.5 Å². The van der Waals surface area contributed by atoms with Gasteiger partial charge < -0.3 is 5.32 Å². The first-order valence-corrected chi connectivity index (χ1v) is 5.49. The highest BCUT2D eigenvalue weighted by Crippen LogP contribution is 2.10. The van der Waals surface area contributed by atoms with Crippen LogP contribution in [0.1, 0.15) is 0 Å². The lowest BCUT2D eigenvalue weighted by Crippen LogP contribution is -2.14. The third-order valence-electron chi connectivity index (χ3n) is 2.49. The summed E-state index contributed by atoms with van der Waals surface area (Å²) in [4.78, 5) is 20.3. The quantitative estimate of drug-likeness (QED) is 0.740. The zero-order chi connectivity index (χ0) is 12.4. The van der Waals surface area contributed by atoms with Crippen LogP contribution in [0.15, 0.2) is 59.7 Å². The van der Waals surface area contributed by atoms with Crippen LogP contribution in [0.25, 0.3) is 5.65 Å². The van der Waals surface area contributed by atoms with Crippen molar-refractivity contribution < 1.29 is 0 Å². The molecule has 18 heavy (non-hydrogen) atoms. The number of hydrogen-bond donors (Lipinski definition) is 1. The van der Waals surface area contributed by atoms with E-state index in [-0.39, 0.29) is 5.56 Å². The Labute approximate surface area is 103 Å². The van der Waals surface area contributed by atoms with Crippen LogP contribution in [0, 0.1) is 0 Å². The average molecular weight is 238 g/mol. The monoisotopic (exact) mass is 238 g/mol. The summed E-state index contributed by atoms with van der Waals surface area (Å²) in [7, 11) is 0. The van der Waals surface area contributed by atoms with Crippen LogP contribution in [0.2, 0.25) is 0 Å². The lowest BCUT2D eigenvalue weighted by Gasteiger charge is -2.05. The van der Waals surface area contributed by atoms with Crippen LogP contribution in [0.4, 0.5) is 11.6 Å². The molecule has 0 bridgehead atoms. The molecule has 0 fully saturated rings. The molecule has 3 rings (SSSR count). The molecule has 0 spiro atoms. The summed E-state index contributed by atoms with van der Waals surface area (Å²) in [5, 5.41) is 3.00. The Balaban J connectivity index is 2.06. The van der Waals surface area contributed by atoms with Crippen molar-refractivity contribution in [2.75, 3.05) is 5.32 Å². The van der Waals surface area contributed by atoms with Crippen molar-refractivity contribution in [1.29, 1.82) is 0 Å². The van der Waals surface area contributed by atoms with Crippen molar-refractivity contribution in [2.24, 2.45) is 0 Å². The van der Waals surface area contributed by atoms with Crippen molar-refractivity contribution >= 4 is 17.3 Å². The van der Waals surface area contributed by atoms with Gasteiger partial charge in [0.25, 0.3) is 5.56 Å². The zero-order valence-electron chi connectivity index (χ0n) is 9.45. The smallest absolute Gasteiger partial charge is 0.259 e. The number of fused-ring (bicyclic) bond motifs is 1. The summed E-state index contributed by atoms with van der Waals surface area (Å²) in [5.41, 5.74) is 0.475. The lowest BCUT2D eigenvalue weighted by molar-refractivity contribution is 1.05. The summed E-state index contributed by atoms with van der Waals surface area (Å²) in [6.07, 6.45) is 3.37. The van der Waals surface area contributed by atoms with Crippen molar-refractivity contribution in [1.82, 2.24) is 14.4 Å². The molecule has 0 aliphatic carbocycles. The van der Waals surface area contributed by atoms with Crippen LogP contribution in [0.5, 0.6) is 0 Å². The maximum absolute atomic E-state index is 11.9. The summed E-state index contributed by atoms with van der Waals surface area (Å²) >= 11 is 0. The molecule has 1 N–H and O–H groups in total. The largest absolute Gasteiger partial charge is 0.325 e. The normalized spacial score (nSPS) is 10.4. The molecular weight excluding hydrogens is 228 g/mol. The van der Waals surface area contributed by atoms with E-state index < -0.39 is 0 Å². The van der Waals surface area contributed by atoms with E-state index in [4.69, 9.17) is 0 Å². The van der Waals surface area contributed by atoms with Crippen LogP contribution in [-0.4, -0.2) is 14.4 Å². The van der Waals surface area contributed by atoms with Gasteiger partial charge in [-0.1, -0.05) is 12.1 Å². The maximum Gasteiger partial charge on any atom is 0.259 e. The Kier molecular flexibility index (Phi) is 2.49. The molecule has 3 heterocycles. The highest BCUT2D eigenvalue weighted by atomic mass is 16.1. The fourth-order valence-corrected chi connectivity index (χ4v) is 1.69. The predicted octanol–water partition coefficient (Wildman–Crippen LogP) is 1.83. The molecular formula is C13H10N4O. The van der Waals surface area contributed by atoms with Gasteiger partial charge in [0.05, 0.1) is 0 Å². The zero-order valence-corrected chi connectivity index (χ0v) is 9.45. The number of aromatic nitrogens is 3. The summed E-state index contributed by atoms with van der Waals surface area (Å²) in [6.45, 7) is 0. The summed E-state index contributed by atoms with van der Waals surface area (Å²) in [6, 6.07) is 12.4. The molecule has 5 heteroatoms. The Morgan fingerprint density at radius 1 is 1.06 bits per heavy atom. The van der Waals surface area contributed by atoms with Gasteiger partial charge >= 0.3 is 0 Å². The van der Waals surface area contributed by atoms with Gasteiger partial charge in [-0.15, -0.1) is 0 Å². The number of rotatable bonds is 2. The molecule has 0 atom stereocenters. The molecule has 0 aliphatic rings. The van der Waals surface area contributed by atoms with Gasteiger partial charge in [-0.3, -0.25) is 9.20 Å². The Morgan fingerprint density at radius 2 is 1.94 bits per heavy atom. The first kappa shape index (κ1) is 10.5. The van der Waals surface area contributed by atoms with E-state index in [0.29, 0.717) is 17.3 Å². The minimum absolute atomic E-state index is 0.126. The molecule has 5 nitrogen and oxygen atoms in total. The Morgan fingerprint density at radius 3 is 2.78 bits per heavy atom. The van der Waals surface area contributed by atoms with Crippen LogP contribution in [-0.2, 0) is 0 Å². The second kappa shape index (κ2) is 4.29. The first-order chi connectivity index (χ1) is 8.83. The fourth-order valence-electron chi connectivity index (χ4n) is 1.69. The fraction of sp³-hybridized carbons (Fsp3) is 0. The van der Waals surface area contributed by atoms with E-state index in [1.807, 2.05) is 24.3 Å². The van der Waals surface area contributed by atoms with Gasteiger partial charge in [0.2, 0.25) is 0 Å². The molecule has 0 amide bonds.